The van der Waals surface area contributed by atoms with Gasteiger partial charge in [-0.25, -0.2) is 0 Å². The number of rotatable bonds is 5. The molecule has 0 aliphatic carbocycles. The predicted molar refractivity (Wildman–Crippen MR) is 295 cm³/mol. The van der Waals surface area contributed by atoms with Crippen LogP contribution < -0.4 is 10.4 Å². The highest BCUT2D eigenvalue weighted by Gasteiger charge is 2.38. The van der Waals surface area contributed by atoms with Crippen molar-refractivity contribution >= 4 is 83.3 Å². The summed E-state index contributed by atoms with van der Waals surface area (Å²) in [5, 5.41) is 15.7. The molecule has 14 rings (SSSR count). The average molecular weight is 880 g/mol. The van der Waals surface area contributed by atoms with Crippen LogP contribution in [0.15, 0.2) is 237 Å². The third-order valence-corrected chi connectivity index (χ3v) is 18.7. The van der Waals surface area contributed by atoms with Crippen LogP contribution in [0, 0.1) is 0 Å². The summed E-state index contributed by atoms with van der Waals surface area (Å²) in [6.45, 7) is 5.08. The lowest BCUT2D eigenvalue weighted by atomic mass is 9.92. The molecule has 0 amide bonds. The van der Waals surface area contributed by atoms with Crippen LogP contribution in [-0.4, -0.2) is 12.6 Å². The van der Waals surface area contributed by atoms with Crippen LogP contribution in [0.3, 0.4) is 0 Å². The molecule has 1 aliphatic rings. The van der Waals surface area contributed by atoms with E-state index in [2.05, 4.69) is 254 Å². The van der Waals surface area contributed by atoms with E-state index in [4.69, 9.17) is 0 Å². The molecule has 0 N–H and O–H groups in total. The van der Waals surface area contributed by atoms with Crippen molar-refractivity contribution in [1.82, 2.24) is 4.57 Å². The molecule has 0 saturated heterocycles. The van der Waals surface area contributed by atoms with Crippen molar-refractivity contribution in [1.29, 1.82) is 0 Å². The van der Waals surface area contributed by atoms with Gasteiger partial charge in [0.1, 0.15) is 8.07 Å². The number of fused-ring (bicyclic) bond motifs is 12. The predicted octanol–water partition coefficient (Wildman–Crippen LogP) is 16.9. The summed E-state index contributed by atoms with van der Waals surface area (Å²) in [5.74, 6) is 0. The van der Waals surface area contributed by atoms with Crippen LogP contribution in [0.5, 0.6) is 0 Å². The SMILES string of the molecule is C[Si]1(C)c2cc(-c3ccc(-c4ccccc4)cc3)ccc2-c2ccc(-n3c4ccc(-c5cc6ccccc6c6ccccc56)cc4c4cc(-c5cc6ccccc6c6ccccc56)ccc43)cc21. The molecule has 318 valence electrons. The van der Waals surface area contributed by atoms with Crippen molar-refractivity contribution in [2.75, 3.05) is 0 Å². The Balaban J connectivity index is 0.946. The maximum absolute atomic E-state index is 2.54. The van der Waals surface area contributed by atoms with Gasteiger partial charge >= 0.3 is 0 Å². The van der Waals surface area contributed by atoms with Crippen molar-refractivity contribution in [2.24, 2.45) is 0 Å². The minimum atomic E-state index is -2.10. The molecule has 0 radical (unpaired) electrons. The van der Waals surface area contributed by atoms with Gasteiger partial charge in [-0.1, -0.05) is 201 Å². The standard InChI is InChI=1S/C66H45NSi/c1-68(2)65-40-45(44-26-24-43(25-27-44)42-14-4-3-5-15-42)28-32-57(65)58-33-31-50(41-66(58)68)67-63-34-29-48(59-36-46-16-6-8-18-51(46)53-20-10-12-22-55(53)59)38-61(63)62-39-49(30-35-64(62)67)60-37-47-17-7-9-19-52(47)54-21-11-13-23-56(54)60/h3-41H,1-2H3. The second kappa shape index (κ2) is 14.9. The molecular formula is C66H45NSi. The first kappa shape index (κ1) is 38.9. The fourth-order valence-corrected chi connectivity index (χ4v) is 14.9. The lowest BCUT2D eigenvalue weighted by Gasteiger charge is -2.20. The Kier molecular flexibility index (Phi) is 8.50. The first-order chi connectivity index (χ1) is 33.5. The third-order valence-electron chi connectivity index (χ3n) is 15.2. The van der Waals surface area contributed by atoms with Crippen LogP contribution in [0.25, 0.3) is 126 Å². The van der Waals surface area contributed by atoms with Crippen molar-refractivity contribution < 1.29 is 0 Å². The van der Waals surface area contributed by atoms with E-state index in [0.717, 1.165) is 0 Å². The summed E-state index contributed by atoms with van der Waals surface area (Å²) < 4.78 is 2.53. The zero-order valence-corrected chi connectivity index (χ0v) is 39.0. The molecule has 2 heterocycles. The lowest BCUT2D eigenvalue weighted by molar-refractivity contribution is 1.18. The van der Waals surface area contributed by atoms with Crippen molar-refractivity contribution in [2.45, 2.75) is 13.1 Å². The first-order valence-electron chi connectivity index (χ1n) is 23.8. The zero-order chi connectivity index (χ0) is 45.1. The second-order valence-corrected chi connectivity index (χ2v) is 23.6. The van der Waals surface area contributed by atoms with Crippen molar-refractivity contribution in [3.63, 3.8) is 0 Å². The van der Waals surface area contributed by atoms with Gasteiger partial charge in [0, 0.05) is 16.5 Å². The molecule has 12 aromatic carbocycles. The monoisotopic (exact) mass is 879 g/mol. The summed E-state index contributed by atoms with van der Waals surface area (Å²) in [6.07, 6.45) is 0. The highest BCUT2D eigenvalue weighted by Crippen LogP contribution is 2.43. The molecule has 68 heavy (non-hydrogen) atoms. The average Bonchev–Trinajstić information content (AvgIpc) is 3.84. The zero-order valence-electron chi connectivity index (χ0n) is 38.0. The maximum Gasteiger partial charge on any atom is 0.113 e. The van der Waals surface area contributed by atoms with Gasteiger partial charge in [0.05, 0.1) is 11.0 Å². The minimum absolute atomic E-state index is 1.21. The topological polar surface area (TPSA) is 4.93 Å². The van der Waals surface area contributed by atoms with E-state index in [-0.39, 0.29) is 0 Å². The molecule has 0 saturated carbocycles. The molecular weight excluding hydrogens is 835 g/mol. The molecule has 1 nitrogen and oxygen atoms in total. The Bertz CT molecular complexity index is 4040. The number of benzene rings is 12. The Labute approximate surface area is 396 Å². The van der Waals surface area contributed by atoms with Crippen LogP contribution in [0.2, 0.25) is 13.1 Å². The number of nitrogens with zero attached hydrogens (tertiary/aromatic N) is 1. The molecule has 1 aliphatic heterocycles. The Morgan fingerprint density at radius 3 is 1.24 bits per heavy atom. The van der Waals surface area contributed by atoms with Gasteiger partial charge in [-0.05, 0) is 158 Å². The van der Waals surface area contributed by atoms with Gasteiger partial charge in [0.15, 0.2) is 0 Å². The molecule has 1 aromatic heterocycles. The van der Waals surface area contributed by atoms with Gasteiger partial charge in [-0.15, -0.1) is 0 Å². The van der Waals surface area contributed by atoms with E-state index < -0.39 is 8.07 Å². The van der Waals surface area contributed by atoms with Gasteiger partial charge in [0.2, 0.25) is 0 Å². The van der Waals surface area contributed by atoms with E-state index in [1.807, 2.05) is 0 Å². The van der Waals surface area contributed by atoms with E-state index in [1.54, 1.807) is 0 Å². The van der Waals surface area contributed by atoms with E-state index in [1.165, 1.54) is 137 Å². The largest absolute Gasteiger partial charge is 0.309 e. The molecule has 0 fully saturated rings. The number of hydrogen-bond acceptors (Lipinski definition) is 0. The normalized spacial score (nSPS) is 13.0. The quantitative estimate of drug-likeness (QED) is 0.120. The van der Waals surface area contributed by atoms with Crippen LogP contribution in [-0.2, 0) is 0 Å². The smallest absolute Gasteiger partial charge is 0.113 e. The molecule has 0 atom stereocenters. The van der Waals surface area contributed by atoms with Crippen molar-refractivity contribution in [3.05, 3.63) is 237 Å². The fraction of sp³-hybridized carbons (Fsp3) is 0.0303. The number of hydrogen-bond donors (Lipinski definition) is 0. The third kappa shape index (κ3) is 5.87. The Hall–Kier alpha value is -8.30. The summed E-state index contributed by atoms with van der Waals surface area (Å²) in [5.41, 5.74) is 16.4. The number of aromatic nitrogens is 1. The highest BCUT2D eigenvalue weighted by atomic mass is 28.3. The van der Waals surface area contributed by atoms with E-state index in [9.17, 15) is 0 Å². The summed E-state index contributed by atoms with van der Waals surface area (Å²) in [7, 11) is -2.10. The van der Waals surface area contributed by atoms with Gasteiger partial charge in [-0.2, -0.15) is 0 Å². The lowest BCUT2D eigenvalue weighted by Crippen LogP contribution is -2.49. The molecule has 0 bridgehead atoms. The van der Waals surface area contributed by atoms with Crippen LogP contribution in [0.1, 0.15) is 0 Å². The highest BCUT2D eigenvalue weighted by molar-refractivity contribution is 7.03. The van der Waals surface area contributed by atoms with E-state index in [0.29, 0.717) is 0 Å². The van der Waals surface area contributed by atoms with Crippen LogP contribution >= 0.6 is 0 Å². The second-order valence-electron chi connectivity index (χ2n) is 19.2. The van der Waals surface area contributed by atoms with Crippen LogP contribution in [0.4, 0.5) is 0 Å². The fourth-order valence-electron chi connectivity index (χ4n) is 11.8. The molecule has 2 heteroatoms. The summed E-state index contributed by atoms with van der Waals surface area (Å²) >= 11 is 0. The van der Waals surface area contributed by atoms with Gasteiger partial charge in [-0.3, -0.25) is 0 Å². The summed E-state index contributed by atoms with van der Waals surface area (Å²) in [6, 6.07) is 88.7. The van der Waals surface area contributed by atoms with Gasteiger partial charge < -0.3 is 4.57 Å². The van der Waals surface area contributed by atoms with Gasteiger partial charge in [0.25, 0.3) is 0 Å². The molecule has 0 unspecified atom stereocenters. The minimum Gasteiger partial charge on any atom is -0.309 e. The van der Waals surface area contributed by atoms with E-state index >= 15 is 0 Å². The first-order valence-corrected chi connectivity index (χ1v) is 26.8. The molecule has 0 spiro atoms. The Morgan fingerprint density at radius 2 is 0.676 bits per heavy atom. The maximum atomic E-state index is 2.54. The van der Waals surface area contributed by atoms with Crippen molar-refractivity contribution in [3.8, 4) is 61.3 Å². The molecule has 13 aromatic rings. The Morgan fingerprint density at radius 1 is 0.265 bits per heavy atom. The summed E-state index contributed by atoms with van der Waals surface area (Å²) in [4.78, 5) is 0.